The summed E-state index contributed by atoms with van der Waals surface area (Å²) in [5.41, 5.74) is -1.76. The molecule has 0 fully saturated rings. The fourth-order valence-corrected chi connectivity index (χ4v) is 3.07. The van der Waals surface area contributed by atoms with Crippen molar-refractivity contribution >= 4 is 19.2 Å². The minimum absolute atomic E-state index is 0.0779. The highest BCUT2D eigenvalue weighted by molar-refractivity contribution is 7.59. The summed E-state index contributed by atoms with van der Waals surface area (Å²) in [5.74, 6) is -1.72. The molecule has 8 nitrogen and oxygen atoms in total. The van der Waals surface area contributed by atoms with Crippen LogP contribution in [0.5, 0.6) is 5.75 Å². The van der Waals surface area contributed by atoms with Crippen LogP contribution in [0.2, 0.25) is 0 Å². The molecule has 9 heteroatoms. The number of amides is 1. The maximum Gasteiger partial charge on any atom is 0.331 e. The molecule has 0 aliphatic heterocycles. The minimum atomic E-state index is -3.05. The molecule has 24 heavy (non-hydrogen) atoms. The molecule has 1 rings (SSSR count). The third-order valence-electron chi connectivity index (χ3n) is 3.41. The van der Waals surface area contributed by atoms with Crippen molar-refractivity contribution < 1.29 is 29.0 Å². The first kappa shape index (κ1) is 20.2. The predicted octanol–water partition coefficient (Wildman–Crippen LogP) is 1.99. The van der Waals surface area contributed by atoms with Crippen molar-refractivity contribution in [2.75, 3.05) is 19.0 Å². The monoisotopic (exact) mass is 358 g/mol. The van der Waals surface area contributed by atoms with Gasteiger partial charge in [0.25, 0.3) is 13.3 Å². The van der Waals surface area contributed by atoms with Crippen LogP contribution in [0.3, 0.4) is 0 Å². The number of hydroxylamine groups is 2. The van der Waals surface area contributed by atoms with E-state index in [1.807, 2.05) is 0 Å². The van der Waals surface area contributed by atoms with E-state index in [9.17, 15) is 19.4 Å². The molecular formula is C15H23N2O6P. The zero-order valence-corrected chi connectivity index (χ0v) is 14.8. The van der Waals surface area contributed by atoms with Gasteiger partial charge in [-0.05, 0) is 26.0 Å². The number of carbonyl (C=O) groups excluding carboxylic acids is 1. The van der Waals surface area contributed by atoms with Gasteiger partial charge in [0.15, 0.2) is 5.54 Å². The molecule has 1 atom stereocenters. The van der Waals surface area contributed by atoms with E-state index in [-0.39, 0.29) is 24.1 Å². The maximum atomic E-state index is 12.6. The predicted molar refractivity (Wildman–Crippen MR) is 88.4 cm³/mol. The fraction of sp³-hybridized carbons (Fsp3) is 0.467. The number of nitrogens with one attached hydrogen (secondary N) is 1. The van der Waals surface area contributed by atoms with Gasteiger partial charge in [-0.25, -0.2) is 9.86 Å². The SMILES string of the molecule is CCP(=O)(CNCC(=O)N(O)C(C)(C)C(=O)O)Oc1ccccc1. The lowest BCUT2D eigenvalue weighted by molar-refractivity contribution is -0.199. The Morgan fingerprint density at radius 2 is 1.88 bits per heavy atom. The lowest BCUT2D eigenvalue weighted by Gasteiger charge is -2.29. The first-order valence-electron chi connectivity index (χ1n) is 7.41. The Morgan fingerprint density at radius 3 is 2.38 bits per heavy atom. The molecule has 0 aliphatic rings. The smallest absolute Gasteiger partial charge is 0.331 e. The topological polar surface area (TPSA) is 116 Å². The molecule has 0 bridgehead atoms. The molecule has 1 aromatic carbocycles. The van der Waals surface area contributed by atoms with Crippen LogP contribution in [-0.4, -0.2) is 51.8 Å². The molecule has 1 unspecified atom stereocenters. The van der Waals surface area contributed by atoms with Crippen LogP contribution in [0.4, 0.5) is 0 Å². The van der Waals surface area contributed by atoms with Crippen LogP contribution < -0.4 is 9.84 Å². The molecule has 0 saturated heterocycles. The third kappa shape index (κ3) is 5.33. The van der Waals surface area contributed by atoms with Gasteiger partial charge in [0, 0.05) is 6.16 Å². The van der Waals surface area contributed by atoms with Crippen molar-refractivity contribution in [3.8, 4) is 5.75 Å². The number of aliphatic carboxylic acids is 1. The Bertz CT molecular complexity index is 620. The Kier molecular flexibility index (Phi) is 6.95. The Balaban J connectivity index is 2.59. The van der Waals surface area contributed by atoms with E-state index in [2.05, 4.69) is 5.32 Å². The summed E-state index contributed by atoms with van der Waals surface area (Å²) in [5, 5.41) is 21.5. The lowest BCUT2D eigenvalue weighted by Crippen LogP contribution is -2.53. The van der Waals surface area contributed by atoms with Crippen LogP contribution >= 0.6 is 7.37 Å². The molecular weight excluding hydrogens is 335 g/mol. The summed E-state index contributed by atoms with van der Waals surface area (Å²) in [6, 6.07) is 8.67. The first-order chi connectivity index (χ1) is 11.1. The fourth-order valence-electron chi connectivity index (χ4n) is 1.69. The quantitative estimate of drug-likeness (QED) is 0.351. The third-order valence-corrected chi connectivity index (χ3v) is 5.63. The molecule has 1 amide bonds. The van der Waals surface area contributed by atoms with Crippen LogP contribution in [0, 0.1) is 0 Å². The number of benzene rings is 1. The molecule has 134 valence electrons. The summed E-state index contributed by atoms with van der Waals surface area (Å²) in [4.78, 5) is 22.9. The highest BCUT2D eigenvalue weighted by atomic mass is 31.2. The molecule has 0 spiro atoms. The standard InChI is InChI=1S/C15H23N2O6P/c1-4-24(22,23-12-8-6-5-7-9-12)11-16-10-13(18)17(21)15(2,3)14(19)20/h5-9,16,21H,4,10-11H2,1-3H3,(H,19,20). The van der Waals surface area contributed by atoms with Gasteiger partial charge in [0.05, 0.1) is 12.8 Å². The van der Waals surface area contributed by atoms with E-state index in [0.717, 1.165) is 0 Å². The van der Waals surface area contributed by atoms with E-state index < -0.39 is 24.8 Å². The van der Waals surface area contributed by atoms with Gasteiger partial charge in [-0.3, -0.25) is 19.9 Å². The number of nitrogens with zero attached hydrogens (tertiary/aromatic N) is 1. The van der Waals surface area contributed by atoms with E-state index in [1.165, 1.54) is 13.8 Å². The van der Waals surface area contributed by atoms with Crippen molar-refractivity contribution in [3.05, 3.63) is 30.3 Å². The van der Waals surface area contributed by atoms with Crippen molar-refractivity contribution in [1.29, 1.82) is 0 Å². The van der Waals surface area contributed by atoms with Crippen molar-refractivity contribution in [2.24, 2.45) is 0 Å². The number of rotatable bonds is 9. The first-order valence-corrected chi connectivity index (χ1v) is 9.40. The Labute approximate surface area is 140 Å². The average Bonchev–Trinajstić information content (AvgIpc) is 2.54. The number of hydrogen-bond acceptors (Lipinski definition) is 6. The summed E-state index contributed by atoms with van der Waals surface area (Å²) in [7, 11) is -3.05. The molecule has 0 saturated carbocycles. The highest BCUT2D eigenvalue weighted by Gasteiger charge is 2.37. The number of hydrogen-bond donors (Lipinski definition) is 3. The molecule has 0 aliphatic carbocycles. The number of carboxylic acid groups (broad SMARTS) is 1. The second kappa shape index (κ2) is 8.28. The summed E-state index contributed by atoms with van der Waals surface area (Å²) in [6.07, 6.45) is 0.179. The van der Waals surface area contributed by atoms with Crippen LogP contribution in [0.25, 0.3) is 0 Å². The number of para-hydroxylation sites is 1. The summed E-state index contributed by atoms with van der Waals surface area (Å²) < 4.78 is 18.2. The van der Waals surface area contributed by atoms with Gasteiger partial charge in [-0.1, -0.05) is 25.1 Å². The molecule has 0 aromatic heterocycles. The van der Waals surface area contributed by atoms with Gasteiger partial charge in [-0.2, -0.15) is 0 Å². The molecule has 0 radical (unpaired) electrons. The highest BCUT2D eigenvalue weighted by Crippen LogP contribution is 2.45. The lowest BCUT2D eigenvalue weighted by atomic mass is 10.1. The zero-order chi connectivity index (χ0) is 18.4. The van der Waals surface area contributed by atoms with E-state index in [1.54, 1.807) is 37.3 Å². The average molecular weight is 358 g/mol. The van der Waals surface area contributed by atoms with Gasteiger partial charge in [0.2, 0.25) is 0 Å². The van der Waals surface area contributed by atoms with Crippen LogP contribution in [-0.2, 0) is 14.2 Å². The largest absolute Gasteiger partial charge is 0.479 e. The number of carboxylic acids is 1. The van der Waals surface area contributed by atoms with Crippen molar-refractivity contribution in [3.63, 3.8) is 0 Å². The summed E-state index contributed by atoms with van der Waals surface area (Å²) in [6.45, 7) is 3.74. The maximum absolute atomic E-state index is 12.6. The van der Waals surface area contributed by atoms with Gasteiger partial charge in [-0.15, -0.1) is 0 Å². The second-order valence-corrected chi connectivity index (χ2v) is 8.45. The van der Waals surface area contributed by atoms with Gasteiger partial charge < -0.3 is 9.63 Å². The zero-order valence-electron chi connectivity index (χ0n) is 13.9. The Morgan fingerprint density at radius 1 is 1.29 bits per heavy atom. The van der Waals surface area contributed by atoms with E-state index in [0.29, 0.717) is 5.75 Å². The van der Waals surface area contributed by atoms with E-state index in [4.69, 9.17) is 9.63 Å². The van der Waals surface area contributed by atoms with Gasteiger partial charge in [0.1, 0.15) is 5.75 Å². The number of carbonyl (C=O) groups is 2. The minimum Gasteiger partial charge on any atom is -0.479 e. The van der Waals surface area contributed by atoms with E-state index >= 15 is 0 Å². The normalized spacial score (nSPS) is 13.8. The molecule has 3 N–H and O–H groups in total. The van der Waals surface area contributed by atoms with Crippen molar-refractivity contribution in [2.45, 2.75) is 26.3 Å². The van der Waals surface area contributed by atoms with Crippen LogP contribution in [0.15, 0.2) is 30.3 Å². The second-order valence-electron chi connectivity index (χ2n) is 5.69. The molecule has 0 heterocycles. The Hall–Kier alpha value is -1.89. The van der Waals surface area contributed by atoms with Crippen molar-refractivity contribution in [1.82, 2.24) is 10.4 Å². The van der Waals surface area contributed by atoms with Gasteiger partial charge >= 0.3 is 5.97 Å². The summed E-state index contributed by atoms with van der Waals surface area (Å²) >= 11 is 0. The van der Waals surface area contributed by atoms with Crippen LogP contribution in [0.1, 0.15) is 20.8 Å². The molecule has 1 aromatic rings.